The van der Waals surface area contributed by atoms with Crippen LogP contribution < -0.4 is 0 Å². The number of benzene rings is 3. The van der Waals surface area contributed by atoms with Crippen molar-refractivity contribution in [3.8, 4) is 0 Å². The zero-order chi connectivity index (χ0) is 25.4. The molecule has 0 spiro atoms. The summed E-state index contributed by atoms with van der Waals surface area (Å²) < 4.78 is 0. The molecule has 3 aromatic carbocycles. The van der Waals surface area contributed by atoms with Crippen LogP contribution in [0.2, 0.25) is 0 Å². The summed E-state index contributed by atoms with van der Waals surface area (Å²) in [6, 6.07) is 23.8. The summed E-state index contributed by atoms with van der Waals surface area (Å²) in [4.78, 5) is 55.9. The minimum Gasteiger partial charge on any atom is -0.290 e. The Bertz CT molecular complexity index is 1730. The van der Waals surface area contributed by atoms with Gasteiger partial charge in [-0.2, -0.15) is 0 Å². The number of ketones is 4. The Kier molecular flexibility index (Phi) is 3.53. The van der Waals surface area contributed by atoms with Crippen molar-refractivity contribution in [2.45, 2.75) is 23.7 Å². The number of Topliss-reactive ketones (excluding diaryl/α,β-unsaturated/α-hetero) is 2. The van der Waals surface area contributed by atoms with Crippen LogP contribution in [0.5, 0.6) is 0 Å². The summed E-state index contributed by atoms with van der Waals surface area (Å²) in [5.74, 6) is -2.90. The van der Waals surface area contributed by atoms with Crippen molar-refractivity contribution in [2.24, 2.45) is 0 Å². The maximum Gasteiger partial charge on any atom is 0.187 e. The number of carbonyl (C=O) groups is 4. The highest BCUT2D eigenvalue weighted by Gasteiger charge is 2.58. The molecule has 0 aromatic heterocycles. The SMILES string of the molecule is O=C1C=CC(=O)C2=C1[C@@H]1C3=C(C(=O)C4=C(C3=O)C3c5ccccc5C4c4ccccc43)[C@H]2c2ccccc21. The third-order valence-electron chi connectivity index (χ3n) is 9.35. The monoisotopic (exact) mass is 490 g/mol. The Morgan fingerprint density at radius 2 is 0.605 bits per heavy atom. The van der Waals surface area contributed by atoms with Crippen molar-refractivity contribution in [3.05, 3.63) is 152 Å². The highest BCUT2D eigenvalue weighted by atomic mass is 16.1. The lowest BCUT2D eigenvalue weighted by molar-refractivity contribution is -0.118. The molecular formula is C34H18O4. The molecule has 0 saturated carbocycles. The van der Waals surface area contributed by atoms with E-state index in [2.05, 4.69) is 24.3 Å². The maximum atomic E-state index is 14.7. The minimum absolute atomic E-state index is 0.153. The quantitative estimate of drug-likeness (QED) is 0.420. The van der Waals surface area contributed by atoms with Gasteiger partial charge in [0.25, 0.3) is 0 Å². The van der Waals surface area contributed by atoms with Crippen LogP contribution in [0.1, 0.15) is 57.1 Å². The Balaban J connectivity index is 1.34. The van der Waals surface area contributed by atoms with Crippen molar-refractivity contribution in [1.82, 2.24) is 0 Å². The molecule has 178 valence electrons. The average Bonchev–Trinajstić information content (AvgIpc) is 2.96. The molecule has 0 fully saturated rings. The van der Waals surface area contributed by atoms with Crippen molar-refractivity contribution >= 4 is 23.1 Å². The van der Waals surface area contributed by atoms with Gasteiger partial charge in [0.05, 0.1) is 0 Å². The highest BCUT2D eigenvalue weighted by Crippen LogP contribution is 2.64. The maximum absolute atomic E-state index is 14.7. The summed E-state index contributed by atoms with van der Waals surface area (Å²) in [7, 11) is 0. The lowest BCUT2D eigenvalue weighted by atomic mass is 9.50. The fraction of sp³-hybridized carbons (Fsp3) is 0.118. The molecule has 4 heteroatoms. The number of carbonyl (C=O) groups excluding carboxylic acids is 4. The van der Waals surface area contributed by atoms with Crippen LogP contribution in [0, 0.1) is 0 Å². The average molecular weight is 491 g/mol. The van der Waals surface area contributed by atoms with E-state index in [4.69, 9.17) is 0 Å². The second-order valence-corrected chi connectivity index (χ2v) is 10.8. The van der Waals surface area contributed by atoms with Crippen LogP contribution in [-0.4, -0.2) is 23.1 Å². The molecule has 0 radical (unpaired) electrons. The van der Waals surface area contributed by atoms with Gasteiger partial charge in [0.2, 0.25) is 0 Å². The first kappa shape index (κ1) is 20.4. The van der Waals surface area contributed by atoms with Gasteiger partial charge in [-0.15, -0.1) is 0 Å². The molecule has 0 heterocycles. The van der Waals surface area contributed by atoms with Crippen LogP contribution in [0.4, 0.5) is 0 Å². The normalized spacial score (nSPS) is 27.3. The number of hydrogen-bond donors (Lipinski definition) is 0. The van der Waals surface area contributed by atoms with Crippen LogP contribution in [-0.2, 0) is 19.2 Å². The molecule has 3 aromatic rings. The Labute approximate surface area is 217 Å². The second-order valence-electron chi connectivity index (χ2n) is 10.8. The van der Waals surface area contributed by atoms with E-state index in [0.717, 1.165) is 33.4 Å². The van der Waals surface area contributed by atoms with Gasteiger partial charge in [0.1, 0.15) is 0 Å². The predicted octanol–water partition coefficient (Wildman–Crippen LogP) is 4.92. The van der Waals surface area contributed by atoms with Crippen LogP contribution in [0.25, 0.3) is 0 Å². The molecular weight excluding hydrogens is 472 g/mol. The summed E-state index contributed by atoms with van der Waals surface area (Å²) >= 11 is 0. The molecule has 2 atom stereocenters. The summed E-state index contributed by atoms with van der Waals surface area (Å²) in [6.45, 7) is 0. The van der Waals surface area contributed by atoms with Gasteiger partial charge in [-0.3, -0.25) is 19.2 Å². The van der Waals surface area contributed by atoms with Crippen LogP contribution in [0.15, 0.2) is 118 Å². The molecule has 0 saturated heterocycles. The number of rotatable bonds is 0. The van der Waals surface area contributed by atoms with Gasteiger partial charge in [0.15, 0.2) is 23.1 Å². The second kappa shape index (κ2) is 6.59. The first-order chi connectivity index (χ1) is 18.6. The number of allylic oxidation sites excluding steroid dienone is 8. The zero-order valence-corrected chi connectivity index (χ0v) is 20.0. The van der Waals surface area contributed by atoms with Crippen molar-refractivity contribution < 1.29 is 19.2 Å². The van der Waals surface area contributed by atoms with E-state index in [1.165, 1.54) is 12.2 Å². The zero-order valence-electron chi connectivity index (χ0n) is 20.0. The lowest BCUT2D eigenvalue weighted by Gasteiger charge is -2.49. The lowest BCUT2D eigenvalue weighted by Crippen LogP contribution is -2.45. The van der Waals surface area contributed by atoms with E-state index in [-0.39, 0.29) is 35.0 Å². The molecule has 0 unspecified atom stereocenters. The van der Waals surface area contributed by atoms with Gasteiger partial charge in [-0.1, -0.05) is 72.8 Å². The van der Waals surface area contributed by atoms with Crippen molar-refractivity contribution in [2.75, 3.05) is 0 Å². The van der Waals surface area contributed by atoms with E-state index in [1.54, 1.807) is 0 Å². The molecule has 8 aliphatic carbocycles. The standard InChI is InChI=1S/C34H18O4/c35-21-13-14-22(36)28-26-20-12-6-5-11-19(20)25(27(21)28)31-32(26)34(38)30-24-16-8-2-1-7-15(16)23(29(30)33(31)37)17-9-3-4-10-18(17)24/h1-14,23-26H/t23?,24?,25-,26+. The third kappa shape index (κ3) is 2.09. The summed E-state index contributed by atoms with van der Waals surface area (Å²) in [5.41, 5.74) is 8.58. The molecule has 0 amide bonds. The molecule has 0 aliphatic heterocycles. The fourth-order valence-corrected chi connectivity index (χ4v) is 8.10. The molecule has 11 rings (SSSR count). The smallest absolute Gasteiger partial charge is 0.187 e. The Morgan fingerprint density at radius 1 is 0.342 bits per heavy atom. The van der Waals surface area contributed by atoms with Crippen LogP contribution >= 0.6 is 0 Å². The predicted molar refractivity (Wildman–Crippen MR) is 139 cm³/mol. The fourth-order valence-electron chi connectivity index (χ4n) is 8.10. The molecule has 4 nitrogen and oxygen atoms in total. The largest absolute Gasteiger partial charge is 0.290 e. The third-order valence-corrected chi connectivity index (χ3v) is 9.35. The molecule has 38 heavy (non-hydrogen) atoms. The number of hydrogen-bond acceptors (Lipinski definition) is 4. The van der Waals surface area contributed by atoms with Gasteiger partial charge >= 0.3 is 0 Å². The van der Waals surface area contributed by atoms with E-state index in [0.29, 0.717) is 33.4 Å². The van der Waals surface area contributed by atoms with E-state index in [1.807, 2.05) is 48.5 Å². The summed E-state index contributed by atoms with van der Waals surface area (Å²) in [6.07, 6.45) is 2.61. The van der Waals surface area contributed by atoms with Gasteiger partial charge in [-0.25, -0.2) is 0 Å². The molecule has 4 bridgehead atoms. The Hall–Kier alpha value is -4.70. The van der Waals surface area contributed by atoms with E-state index >= 15 is 0 Å². The van der Waals surface area contributed by atoms with Crippen molar-refractivity contribution in [3.63, 3.8) is 0 Å². The van der Waals surface area contributed by atoms with Gasteiger partial charge < -0.3 is 0 Å². The van der Waals surface area contributed by atoms with E-state index in [9.17, 15) is 19.2 Å². The van der Waals surface area contributed by atoms with E-state index < -0.39 is 11.8 Å². The van der Waals surface area contributed by atoms with Crippen LogP contribution in [0.3, 0.4) is 0 Å². The molecule has 8 aliphatic rings. The minimum atomic E-state index is -0.709. The molecule has 0 N–H and O–H groups in total. The first-order valence-electron chi connectivity index (χ1n) is 12.9. The highest BCUT2D eigenvalue weighted by molar-refractivity contribution is 6.33. The summed E-state index contributed by atoms with van der Waals surface area (Å²) in [5, 5.41) is 0. The Morgan fingerprint density at radius 3 is 0.921 bits per heavy atom. The van der Waals surface area contributed by atoms with Gasteiger partial charge in [0, 0.05) is 57.1 Å². The topological polar surface area (TPSA) is 68.3 Å². The first-order valence-corrected chi connectivity index (χ1v) is 12.9. The van der Waals surface area contributed by atoms with Gasteiger partial charge in [-0.05, 0) is 45.5 Å². The van der Waals surface area contributed by atoms with Crippen molar-refractivity contribution in [1.29, 1.82) is 0 Å².